The Morgan fingerprint density at radius 1 is 1.31 bits per heavy atom. The van der Waals surface area contributed by atoms with Crippen LogP contribution >= 0.6 is 11.6 Å². The van der Waals surface area contributed by atoms with Gasteiger partial charge in [-0.1, -0.05) is 29.8 Å². The number of hydrogen-bond donors (Lipinski definition) is 1. The van der Waals surface area contributed by atoms with Crippen molar-refractivity contribution in [1.29, 1.82) is 0 Å². The highest BCUT2D eigenvalue weighted by atomic mass is 35.5. The molecular formula is C18H19ClN2O4S. The number of benzene rings is 2. The number of amides is 1. The number of sulfonamides is 1. The SMILES string of the molecule is C=CCN(c1ccccc1OC)S(=O)(=O)c1ccc(Cl)c(C(=O)NC)c1. The minimum absolute atomic E-state index is 0.0284. The van der Waals surface area contributed by atoms with E-state index in [1.54, 1.807) is 24.3 Å². The lowest BCUT2D eigenvalue weighted by Gasteiger charge is -2.25. The smallest absolute Gasteiger partial charge is 0.264 e. The second-order valence-electron chi connectivity index (χ2n) is 5.22. The first-order chi connectivity index (χ1) is 12.4. The number of anilines is 1. The van der Waals surface area contributed by atoms with Crippen molar-refractivity contribution in [3.05, 3.63) is 65.7 Å². The maximum atomic E-state index is 13.2. The van der Waals surface area contributed by atoms with E-state index in [-0.39, 0.29) is 22.0 Å². The molecule has 26 heavy (non-hydrogen) atoms. The third-order valence-electron chi connectivity index (χ3n) is 3.65. The average molecular weight is 395 g/mol. The lowest BCUT2D eigenvalue weighted by atomic mass is 10.2. The Balaban J connectivity index is 2.62. The summed E-state index contributed by atoms with van der Waals surface area (Å²) in [6, 6.07) is 10.7. The van der Waals surface area contributed by atoms with Crippen LogP contribution in [0.25, 0.3) is 0 Å². The molecule has 0 aliphatic carbocycles. The molecule has 8 heteroatoms. The van der Waals surface area contributed by atoms with Crippen molar-refractivity contribution in [3.63, 3.8) is 0 Å². The van der Waals surface area contributed by atoms with E-state index >= 15 is 0 Å². The number of nitrogens with one attached hydrogen (secondary N) is 1. The van der Waals surface area contributed by atoms with E-state index in [9.17, 15) is 13.2 Å². The molecule has 0 saturated heterocycles. The molecule has 0 radical (unpaired) electrons. The summed E-state index contributed by atoms with van der Waals surface area (Å²) >= 11 is 6.02. The minimum Gasteiger partial charge on any atom is -0.495 e. The number of halogens is 1. The third kappa shape index (κ3) is 3.84. The molecule has 2 aromatic carbocycles. The minimum atomic E-state index is -3.99. The van der Waals surface area contributed by atoms with Crippen molar-refractivity contribution in [2.45, 2.75) is 4.90 Å². The van der Waals surface area contributed by atoms with Crippen molar-refractivity contribution >= 4 is 33.2 Å². The zero-order valence-corrected chi connectivity index (χ0v) is 16.0. The Morgan fingerprint density at radius 2 is 2.00 bits per heavy atom. The maximum absolute atomic E-state index is 13.2. The van der Waals surface area contributed by atoms with Crippen molar-refractivity contribution in [2.75, 3.05) is 25.0 Å². The van der Waals surface area contributed by atoms with Gasteiger partial charge in [-0.15, -0.1) is 6.58 Å². The average Bonchev–Trinajstić information content (AvgIpc) is 2.65. The molecular weight excluding hydrogens is 376 g/mol. The molecule has 6 nitrogen and oxygen atoms in total. The van der Waals surface area contributed by atoms with Gasteiger partial charge in [0.15, 0.2) is 0 Å². The normalized spacial score (nSPS) is 10.9. The van der Waals surface area contributed by atoms with Gasteiger partial charge in [0.2, 0.25) is 0 Å². The van der Waals surface area contributed by atoms with Gasteiger partial charge < -0.3 is 10.1 Å². The first-order valence-corrected chi connectivity index (χ1v) is 9.47. The molecule has 1 amide bonds. The number of carbonyl (C=O) groups excluding carboxylic acids is 1. The van der Waals surface area contributed by atoms with Crippen LogP contribution in [-0.2, 0) is 10.0 Å². The molecule has 0 aromatic heterocycles. The summed E-state index contributed by atoms with van der Waals surface area (Å²) in [5.41, 5.74) is 0.445. The number of para-hydroxylation sites is 2. The predicted octanol–water partition coefficient (Wildman–Crippen LogP) is 3.09. The van der Waals surface area contributed by atoms with Gasteiger partial charge in [-0.25, -0.2) is 8.42 Å². The quantitative estimate of drug-likeness (QED) is 0.732. The first-order valence-electron chi connectivity index (χ1n) is 7.65. The van der Waals surface area contributed by atoms with Gasteiger partial charge in [-0.05, 0) is 30.3 Å². The Labute approximate surface area is 158 Å². The van der Waals surface area contributed by atoms with E-state index in [2.05, 4.69) is 11.9 Å². The second-order valence-corrected chi connectivity index (χ2v) is 7.49. The number of hydrogen-bond acceptors (Lipinski definition) is 4. The van der Waals surface area contributed by atoms with Crippen LogP contribution in [-0.4, -0.2) is 35.0 Å². The highest BCUT2D eigenvalue weighted by Crippen LogP contribution is 2.33. The fourth-order valence-electron chi connectivity index (χ4n) is 2.38. The summed E-state index contributed by atoms with van der Waals surface area (Å²) in [4.78, 5) is 11.9. The molecule has 1 N–H and O–H groups in total. The monoisotopic (exact) mass is 394 g/mol. The number of nitrogens with zero attached hydrogens (tertiary/aromatic N) is 1. The first kappa shape index (κ1) is 19.8. The van der Waals surface area contributed by atoms with Crippen molar-refractivity contribution in [2.24, 2.45) is 0 Å². The van der Waals surface area contributed by atoms with Gasteiger partial charge in [0.1, 0.15) is 5.75 Å². The fraction of sp³-hybridized carbons (Fsp3) is 0.167. The third-order valence-corrected chi connectivity index (χ3v) is 5.75. The van der Waals surface area contributed by atoms with Gasteiger partial charge in [-0.2, -0.15) is 0 Å². The molecule has 0 fully saturated rings. The molecule has 0 unspecified atom stereocenters. The van der Waals surface area contributed by atoms with Crippen LogP contribution in [0.1, 0.15) is 10.4 Å². The van der Waals surface area contributed by atoms with Crippen LogP contribution in [0.2, 0.25) is 5.02 Å². The van der Waals surface area contributed by atoms with Crippen LogP contribution in [0.5, 0.6) is 5.75 Å². The Kier molecular flexibility index (Phi) is 6.28. The summed E-state index contributed by atoms with van der Waals surface area (Å²) < 4.78 is 32.9. The Morgan fingerprint density at radius 3 is 2.62 bits per heavy atom. The summed E-state index contributed by atoms with van der Waals surface area (Å²) in [7, 11) is -1.08. The highest BCUT2D eigenvalue weighted by Gasteiger charge is 2.27. The lowest BCUT2D eigenvalue weighted by Crippen LogP contribution is -2.32. The van der Waals surface area contributed by atoms with Gasteiger partial charge in [-0.3, -0.25) is 9.10 Å². The highest BCUT2D eigenvalue weighted by molar-refractivity contribution is 7.92. The molecule has 0 aliphatic heterocycles. The van der Waals surface area contributed by atoms with E-state index in [0.717, 1.165) is 4.31 Å². The van der Waals surface area contributed by atoms with Crippen LogP contribution in [0.15, 0.2) is 60.0 Å². The molecule has 0 atom stereocenters. The molecule has 0 aliphatic rings. The van der Waals surface area contributed by atoms with Gasteiger partial charge in [0.05, 0.1) is 34.8 Å². The molecule has 0 heterocycles. The van der Waals surface area contributed by atoms with Crippen LogP contribution in [0.3, 0.4) is 0 Å². The van der Waals surface area contributed by atoms with E-state index in [0.29, 0.717) is 11.4 Å². The summed E-state index contributed by atoms with van der Waals surface area (Å²) in [5.74, 6) is -0.0713. The number of rotatable bonds is 7. The predicted molar refractivity (Wildman–Crippen MR) is 103 cm³/mol. The fourth-order valence-corrected chi connectivity index (χ4v) is 4.06. The summed E-state index contributed by atoms with van der Waals surface area (Å²) in [5, 5.41) is 2.60. The van der Waals surface area contributed by atoms with Crippen molar-refractivity contribution < 1.29 is 17.9 Å². The Hall–Kier alpha value is -2.51. The van der Waals surface area contributed by atoms with E-state index in [1.807, 2.05) is 0 Å². The van der Waals surface area contributed by atoms with Crippen LogP contribution in [0, 0.1) is 0 Å². The molecule has 138 valence electrons. The van der Waals surface area contributed by atoms with Gasteiger partial charge >= 0.3 is 0 Å². The van der Waals surface area contributed by atoms with Crippen molar-refractivity contribution in [1.82, 2.24) is 5.32 Å². The van der Waals surface area contributed by atoms with Crippen LogP contribution in [0.4, 0.5) is 5.69 Å². The number of methoxy groups -OCH3 is 1. The number of carbonyl (C=O) groups is 1. The van der Waals surface area contributed by atoms with Crippen molar-refractivity contribution in [3.8, 4) is 5.75 Å². The second kappa shape index (κ2) is 8.25. The Bertz CT molecular complexity index is 929. The largest absolute Gasteiger partial charge is 0.495 e. The molecule has 2 rings (SSSR count). The summed E-state index contributed by atoms with van der Waals surface area (Å²) in [6.45, 7) is 3.66. The van der Waals surface area contributed by atoms with E-state index in [1.165, 1.54) is 38.4 Å². The molecule has 2 aromatic rings. The molecule has 0 saturated carbocycles. The van der Waals surface area contributed by atoms with Gasteiger partial charge in [0.25, 0.3) is 15.9 Å². The zero-order chi connectivity index (χ0) is 19.3. The zero-order valence-electron chi connectivity index (χ0n) is 14.4. The lowest BCUT2D eigenvalue weighted by molar-refractivity contribution is 0.0963. The van der Waals surface area contributed by atoms with E-state index < -0.39 is 15.9 Å². The standard InChI is InChI=1S/C18H19ClN2O4S/c1-4-11-21(16-7-5-6-8-17(16)25-3)26(23,24)13-9-10-15(19)14(12-13)18(22)20-2/h4-10,12H,1,11H2,2-3H3,(H,20,22). The van der Waals surface area contributed by atoms with Gasteiger partial charge in [0, 0.05) is 7.05 Å². The maximum Gasteiger partial charge on any atom is 0.264 e. The number of ether oxygens (including phenoxy) is 1. The molecule has 0 bridgehead atoms. The van der Waals surface area contributed by atoms with Crippen LogP contribution < -0.4 is 14.4 Å². The summed E-state index contributed by atoms with van der Waals surface area (Å²) in [6.07, 6.45) is 1.47. The molecule has 0 spiro atoms. The topological polar surface area (TPSA) is 75.7 Å². The van der Waals surface area contributed by atoms with E-state index in [4.69, 9.17) is 16.3 Å².